The SMILES string of the molecule is CC(=O)O[C@H]1CC[C@@]2(C)C(=CC[C@@H]3C2CC[C@]2(C)Nc4[nH]ncc4CC32)C1. The molecular formula is C22H31N3O2. The van der Waals surface area contributed by atoms with Crippen molar-refractivity contribution in [2.24, 2.45) is 23.2 Å². The number of anilines is 1. The van der Waals surface area contributed by atoms with Crippen LogP contribution in [0.5, 0.6) is 0 Å². The molecule has 2 fully saturated rings. The van der Waals surface area contributed by atoms with E-state index < -0.39 is 0 Å². The van der Waals surface area contributed by atoms with Gasteiger partial charge in [-0.1, -0.05) is 18.6 Å². The minimum Gasteiger partial charge on any atom is -0.462 e. The van der Waals surface area contributed by atoms with E-state index in [-0.39, 0.29) is 23.0 Å². The molecule has 0 bridgehead atoms. The van der Waals surface area contributed by atoms with E-state index in [2.05, 4.69) is 35.4 Å². The summed E-state index contributed by atoms with van der Waals surface area (Å²) in [5, 5.41) is 11.2. The predicted octanol–water partition coefficient (Wildman–Crippen LogP) is 4.23. The summed E-state index contributed by atoms with van der Waals surface area (Å²) in [5.74, 6) is 3.10. The molecule has 0 radical (unpaired) electrons. The molecule has 2 unspecified atom stereocenters. The van der Waals surface area contributed by atoms with Crippen molar-refractivity contribution >= 4 is 11.8 Å². The van der Waals surface area contributed by atoms with Crippen LogP contribution in [0.1, 0.15) is 64.9 Å². The molecular weight excluding hydrogens is 338 g/mol. The number of aromatic nitrogens is 2. The molecule has 4 aliphatic rings. The van der Waals surface area contributed by atoms with Gasteiger partial charge >= 0.3 is 5.97 Å². The highest BCUT2D eigenvalue weighted by Gasteiger charge is 2.56. The minimum absolute atomic E-state index is 0.0806. The second kappa shape index (κ2) is 5.86. The maximum Gasteiger partial charge on any atom is 0.302 e. The number of rotatable bonds is 1. The fraction of sp³-hybridized carbons (Fsp3) is 0.727. The van der Waals surface area contributed by atoms with Gasteiger partial charge in [-0.15, -0.1) is 0 Å². The maximum absolute atomic E-state index is 11.4. The molecule has 27 heavy (non-hydrogen) atoms. The second-order valence-corrected chi connectivity index (χ2v) is 9.79. The first-order chi connectivity index (χ1) is 12.9. The molecule has 2 saturated carbocycles. The van der Waals surface area contributed by atoms with Crippen LogP contribution in [0, 0.1) is 23.2 Å². The summed E-state index contributed by atoms with van der Waals surface area (Å²) in [6.07, 6.45) is 12.5. The van der Waals surface area contributed by atoms with Gasteiger partial charge in [0.15, 0.2) is 0 Å². The number of H-pyrrole nitrogens is 1. The van der Waals surface area contributed by atoms with Crippen molar-refractivity contribution in [3.63, 3.8) is 0 Å². The molecule has 2 N–H and O–H groups in total. The number of allylic oxidation sites excluding steroid dienone is 1. The average molecular weight is 370 g/mol. The van der Waals surface area contributed by atoms with Gasteiger partial charge in [0.25, 0.3) is 0 Å². The van der Waals surface area contributed by atoms with Crippen LogP contribution in [0.25, 0.3) is 0 Å². The summed E-state index contributed by atoms with van der Waals surface area (Å²) < 4.78 is 5.55. The van der Waals surface area contributed by atoms with Crippen LogP contribution in [0.15, 0.2) is 17.8 Å². The van der Waals surface area contributed by atoms with E-state index >= 15 is 0 Å². The van der Waals surface area contributed by atoms with Gasteiger partial charge in [-0.05, 0) is 68.6 Å². The summed E-state index contributed by atoms with van der Waals surface area (Å²) in [7, 11) is 0. The Morgan fingerprint density at radius 2 is 2.07 bits per heavy atom. The van der Waals surface area contributed by atoms with Crippen LogP contribution in [-0.2, 0) is 16.0 Å². The normalized spacial score (nSPS) is 42.6. The number of carbonyl (C=O) groups excluding carboxylic acids is 1. The fourth-order valence-electron chi connectivity index (χ4n) is 6.91. The van der Waals surface area contributed by atoms with E-state index in [0.29, 0.717) is 5.92 Å². The van der Waals surface area contributed by atoms with E-state index in [1.165, 1.54) is 25.3 Å². The van der Waals surface area contributed by atoms with Crippen molar-refractivity contribution < 1.29 is 9.53 Å². The zero-order valence-electron chi connectivity index (χ0n) is 16.7. The molecule has 5 nitrogen and oxygen atoms in total. The standard InChI is InChI=1S/C22H31N3O2/c1-13(26)27-16-6-8-21(2)15(11-16)4-5-17-18(21)7-9-22(3)19(17)10-14-12-23-25-20(14)24-22/h4,12,16-19H,5-11H2,1-3H3,(H2,23,24,25)/t16-,17+,18?,19?,21-,22-/m0/s1. The summed E-state index contributed by atoms with van der Waals surface area (Å²) in [6, 6.07) is 0. The summed E-state index contributed by atoms with van der Waals surface area (Å²) in [4.78, 5) is 11.4. The van der Waals surface area contributed by atoms with Gasteiger partial charge in [-0.25, -0.2) is 0 Å². The van der Waals surface area contributed by atoms with E-state index in [9.17, 15) is 4.79 Å². The van der Waals surface area contributed by atoms with Gasteiger partial charge in [0.2, 0.25) is 0 Å². The van der Waals surface area contributed by atoms with Crippen LogP contribution in [0.2, 0.25) is 0 Å². The lowest BCUT2D eigenvalue weighted by molar-refractivity contribution is -0.148. The van der Waals surface area contributed by atoms with Gasteiger partial charge in [-0.2, -0.15) is 5.10 Å². The Labute approximate surface area is 161 Å². The van der Waals surface area contributed by atoms with Crippen molar-refractivity contribution in [3.8, 4) is 0 Å². The van der Waals surface area contributed by atoms with Crippen molar-refractivity contribution in [2.45, 2.75) is 77.4 Å². The molecule has 0 spiro atoms. The van der Waals surface area contributed by atoms with Crippen LogP contribution in [0.3, 0.4) is 0 Å². The molecule has 6 atom stereocenters. The number of esters is 1. The van der Waals surface area contributed by atoms with Gasteiger partial charge < -0.3 is 10.1 Å². The van der Waals surface area contributed by atoms with E-state index in [1.807, 2.05) is 6.20 Å². The van der Waals surface area contributed by atoms with Crippen LogP contribution in [0.4, 0.5) is 5.82 Å². The molecule has 1 aromatic heterocycles. The number of aromatic amines is 1. The molecule has 0 saturated heterocycles. The number of nitrogens with zero attached hydrogens (tertiary/aromatic N) is 1. The number of hydrogen-bond acceptors (Lipinski definition) is 4. The van der Waals surface area contributed by atoms with Crippen molar-refractivity contribution in [3.05, 3.63) is 23.4 Å². The molecule has 0 aromatic carbocycles. The third kappa shape index (κ3) is 2.57. The third-order valence-electron chi connectivity index (χ3n) is 8.35. The van der Waals surface area contributed by atoms with Crippen molar-refractivity contribution in [1.82, 2.24) is 10.2 Å². The smallest absolute Gasteiger partial charge is 0.302 e. The summed E-state index contributed by atoms with van der Waals surface area (Å²) >= 11 is 0. The highest BCUT2D eigenvalue weighted by molar-refractivity contribution is 5.66. The molecule has 2 heterocycles. The predicted molar refractivity (Wildman–Crippen MR) is 104 cm³/mol. The Morgan fingerprint density at radius 1 is 1.22 bits per heavy atom. The van der Waals surface area contributed by atoms with Crippen LogP contribution >= 0.6 is 0 Å². The lowest BCUT2D eigenvalue weighted by Gasteiger charge is -2.59. The first-order valence-electron chi connectivity index (χ1n) is 10.6. The topological polar surface area (TPSA) is 67.0 Å². The van der Waals surface area contributed by atoms with E-state index in [0.717, 1.165) is 49.8 Å². The lowest BCUT2D eigenvalue weighted by atomic mass is 9.48. The number of fused-ring (bicyclic) bond motifs is 6. The summed E-state index contributed by atoms with van der Waals surface area (Å²) in [5.41, 5.74) is 3.34. The molecule has 146 valence electrons. The molecule has 1 aromatic rings. The fourth-order valence-corrected chi connectivity index (χ4v) is 6.91. The Bertz CT molecular complexity index is 799. The highest BCUT2D eigenvalue weighted by Crippen LogP contribution is 2.61. The zero-order valence-corrected chi connectivity index (χ0v) is 16.7. The quantitative estimate of drug-likeness (QED) is 0.574. The van der Waals surface area contributed by atoms with Gasteiger partial charge in [-0.3, -0.25) is 9.89 Å². The van der Waals surface area contributed by atoms with Gasteiger partial charge in [0, 0.05) is 24.4 Å². The first-order valence-corrected chi connectivity index (χ1v) is 10.6. The second-order valence-electron chi connectivity index (χ2n) is 9.79. The number of carbonyl (C=O) groups is 1. The third-order valence-corrected chi connectivity index (χ3v) is 8.35. The Morgan fingerprint density at radius 3 is 2.89 bits per heavy atom. The van der Waals surface area contributed by atoms with E-state index in [4.69, 9.17) is 4.74 Å². The molecule has 1 aliphatic heterocycles. The van der Waals surface area contributed by atoms with Crippen molar-refractivity contribution in [1.29, 1.82) is 0 Å². The van der Waals surface area contributed by atoms with Gasteiger partial charge in [0.1, 0.15) is 11.9 Å². The number of hydrogen-bond donors (Lipinski definition) is 2. The monoisotopic (exact) mass is 369 g/mol. The highest BCUT2D eigenvalue weighted by atomic mass is 16.5. The maximum atomic E-state index is 11.4. The number of ether oxygens (including phenoxy) is 1. The van der Waals surface area contributed by atoms with E-state index in [1.54, 1.807) is 5.57 Å². The largest absolute Gasteiger partial charge is 0.462 e. The van der Waals surface area contributed by atoms with Crippen LogP contribution in [-0.4, -0.2) is 27.8 Å². The van der Waals surface area contributed by atoms with Crippen molar-refractivity contribution in [2.75, 3.05) is 5.32 Å². The Kier molecular flexibility index (Phi) is 3.76. The Hall–Kier alpha value is -1.78. The van der Waals surface area contributed by atoms with Crippen LogP contribution < -0.4 is 5.32 Å². The summed E-state index contributed by atoms with van der Waals surface area (Å²) in [6.45, 7) is 6.43. The minimum atomic E-state index is -0.143. The molecule has 0 amide bonds. The molecule has 5 rings (SSSR count). The zero-order chi connectivity index (χ0) is 18.8. The lowest BCUT2D eigenvalue weighted by Crippen LogP contribution is -2.58. The first kappa shape index (κ1) is 17.3. The molecule has 5 heteroatoms. The molecule has 3 aliphatic carbocycles. The Balaban J connectivity index is 1.44. The number of nitrogens with one attached hydrogen (secondary N) is 2. The average Bonchev–Trinajstić information content (AvgIpc) is 3.05. The van der Waals surface area contributed by atoms with Gasteiger partial charge in [0.05, 0.1) is 6.20 Å².